The van der Waals surface area contributed by atoms with Crippen LogP contribution in [0.1, 0.15) is 11.3 Å². The number of aromatic nitrogens is 2. The van der Waals surface area contributed by atoms with Crippen molar-refractivity contribution in [3.05, 3.63) is 53.9 Å². The zero-order valence-corrected chi connectivity index (χ0v) is 14.8. The van der Waals surface area contributed by atoms with Gasteiger partial charge in [0.2, 0.25) is 0 Å². The van der Waals surface area contributed by atoms with Gasteiger partial charge in [-0.2, -0.15) is 0 Å². The van der Waals surface area contributed by atoms with Crippen LogP contribution in [0.5, 0.6) is 5.75 Å². The van der Waals surface area contributed by atoms with E-state index < -0.39 is 0 Å². The molecule has 0 aliphatic carbocycles. The van der Waals surface area contributed by atoms with E-state index in [4.69, 9.17) is 9.72 Å². The standard InChI is InChI=1S/C20H24N4O/c1-15-4-3-11-24-18(14-23-12-9-21-10-13-23)19(22-20(15)24)16-5-7-17(25-2)8-6-16/h3-8,11,21H,9-10,12-14H2,1-2H3. The second-order valence-electron chi connectivity index (χ2n) is 6.55. The number of pyridine rings is 1. The maximum Gasteiger partial charge on any atom is 0.140 e. The SMILES string of the molecule is COc1ccc(-c2nc3c(C)cccn3c2CN2CCNCC2)cc1. The minimum Gasteiger partial charge on any atom is -0.497 e. The lowest BCUT2D eigenvalue weighted by Crippen LogP contribution is -2.43. The number of hydrogen-bond acceptors (Lipinski definition) is 4. The highest BCUT2D eigenvalue weighted by atomic mass is 16.5. The van der Waals surface area contributed by atoms with Gasteiger partial charge < -0.3 is 14.5 Å². The van der Waals surface area contributed by atoms with E-state index in [1.165, 1.54) is 11.3 Å². The number of imidazole rings is 1. The van der Waals surface area contributed by atoms with Gasteiger partial charge in [-0.05, 0) is 42.8 Å². The number of rotatable bonds is 4. The molecule has 5 nitrogen and oxygen atoms in total. The van der Waals surface area contributed by atoms with Gasteiger partial charge in [0.15, 0.2) is 0 Å². The Morgan fingerprint density at radius 3 is 2.60 bits per heavy atom. The van der Waals surface area contributed by atoms with Crippen LogP contribution in [-0.4, -0.2) is 47.6 Å². The average Bonchev–Trinajstić information content (AvgIpc) is 3.03. The Morgan fingerprint density at radius 1 is 1.12 bits per heavy atom. The van der Waals surface area contributed by atoms with E-state index in [1.54, 1.807) is 7.11 Å². The molecule has 25 heavy (non-hydrogen) atoms. The zero-order chi connectivity index (χ0) is 17.2. The van der Waals surface area contributed by atoms with E-state index in [2.05, 4.69) is 52.0 Å². The Labute approximate surface area is 148 Å². The first kappa shape index (κ1) is 16.1. The lowest BCUT2D eigenvalue weighted by molar-refractivity contribution is 0.230. The fraction of sp³-hybridized carbons (Fsp3) is 0.350. The van der Waals surface area contributed by atoms with E-state index in [0.717, 1.165) is 55.4 Å². The summed E-state index contributed by atoms with van der Waals surface area (Å²) in [5.74, 6) is 0.868. The Morgan fingerprint density at radius 2 is 1.88 bits per heavy atom. The topological polar surface area (TPSA) is 41.8 Å². The van der Waals surface area contributed by atoms with Crippen LogP contribution in [-0.2, 0) is 6.54 Å². The fourth-order valence-electron chi connectivity index (χ4n) is 3.47. The van der Waals surface area contributed by atoms with Crippen LogP contribution in [0.15, 0.2) is 42.6 Å². The Bertz CT molecular complexity index is 863. The van der Waals surface area contributed by atoms with E-state index in [0.29, 0.717) is 0 Å². The number of nitrogens with zero attached hydrogens (tertiary/aromatic N) is 3. The van der Waals surface area contributed by atoms with Crippen molar-refractivity contribution in [1.29, 1.82) is 0 Å². The Balaban J connectivity index is 1.80. The van der Waals surface area contributed by atoms with E-state index >= 15 is 0 Å². The van der Waals surface area contributed by atoms with Gasteiger partial charge in [-0.15, -0.1) is 0 Å². The van der Waals surface area contributed by atoms with Crippen LogP contribution >= 0.6 is 0 Å². The predicted octanol–water partition coefficient (Wildman–Crippen LogP) is 2.72. The van der Waals surface area contributed by atoms with Crippen molar-refractivity contribution < 1.29 is 4.74 Å². The third-order valence-corrected chi connectivity index (χ3v) is 4.89. The molecule has 2 aromatic heterocycles. The van der Waals surface area contributed by atoms with Crippen LogP contribution in [0.25, 0.3) is 16.9 Å². The summed E-state index contributed by atoms with van der Waals surface area (Å²) < 4.78 is 7.54. The monoisotopic (exact) mass is 336 g/mol. The molecule has 0 atom stereocenters. The molecular formula is C20H24N4O. The molecule has 4 rings (SSSR count). The summed E-state index contributed by atoms with van der Waals surface area (Å²) in [6.45, 7) is 7.27. The minimum absolute atomic E-state index is 0.868. The summed E-state index contributed by atoms with van der Waals surface area (Å²) in [5.41, 5.74) is 5.69. The molecule has 3 aromatic rings. The summed E-state index contributed by atoms with van der Waals surface area (Å²) in [4.78, 5) is 7.48. The predicted molar refractivity (Wildman–Crippen MR) is 100 cm³/mol. The molecule has 0 spiro atoms. The lowest BCUT2D eigenvalue weighted by atomic mass is 10.1. The molecule has 0 amide bonds. The molecule has 1 fully saturated rings. The van der Waals surface area contributed by atoms with Crippen LogP contribution in [0.4, 0.5) is 0 Å². The molecule has 5 heteroatoms. The van der Waals surface area contributed by atoms with E-state index in [-0.39, 0.29) is 0 Å². The molecule has 3 heterocycles. The number of piperazine rings is 1. The molecule has 0 bridgehead atoms. The van der Waals surface area contributed by atoms with Crippen molar-refractivity contribution in [2.24, 2.45) is 0 Å². The minimum atomic E-state index is 0.868. The van der Waals surface area contributed by atoms with Gasteiger partial charge in [-0.25, -0.2) is 4.98 Å². The molecule has 0 saturated carbocycles. The van der Waals surface area contributed by atoms with Crippen molar-refractivity contribution in [3.63, 3.8) is 0 Å². The summed E-state index contributed by atoms with van der Waals surface area (Å²) in [7, 11) is 1.69. The van der Waals surface area contributed by atoms with Crippen molar-refractivity contribution in [1.82, 2.24) is 19.6 Å². The number of benzene rings is 1. The highest BCUT2D eigenvalue weighted by molar-refractivity contribution is 5.68. The maximum absolute atomic E-state index is 5.29. The van der Waals surface area contributed by atoms with E-state index in [9.17, 15) is 0 Å². The van der Waals surface area contributed by atoms with Gasteiger partial charge in [-0.3, -0.25) is 4.90 Å². The first-order valence-corrected chi connectivity index (χ1v) is 8.80. The van der Waals surface area contributed by atoms with Gasteiger partial charge in [-0.1, -0.05) is 6.07 Å². The third-order valence-electron chi connectivity index (χ3n) is 4.89. The second-order valence-corrected chi connectivity index (χ2v) is 6.55. The molecule has 130 valence electrons. The van der Waals surface area contributed by atoms with Gasteiger partial charge in [0.1, 0.15) is 11.4 Å². The summed E-state index contributed by atoms with van der Waals surface area (Å²) in [6, 6.07) is 12.4. The smallest absolute Gasteiger partial charge is 0.140 e. The van der Waals surface area contributed by atoms with Gasteiger partial charge in [0.05, 0.1) is 18.5 Å². The normalized spacial score (nSPS) is 15.6. The fourth-order valence-corrected chi connectivity index (χ4v) is 3.47. The third kappa shape index (κ3) is 3.13. The molecule has 1 N–H and O–H groups in total. The van der Waals surface area contributed by atoms with E-state index in [1.807, 2.05) is 12.1 Å². The molecule has 1 aliphatic heterocycles. The summed E-state index contributed by atoms with van der Waals surface area (Å²) >= 11 is 0. The number of hydrogen-bond donors (Lipinski definition) is 1. The van der Waals surface area contributed by atoms with Crippen LogP contribution < -0.4 is 10.1 Å². The molecule has 1 saturated heterocycles. The Hall–Kier alpha value is -2.37. The van der Waals surface area contributed by atoms with Crippen molar-refractivity contribution >= 4 is 5.65 Å². The number of fused-ring (bicyclic) bond motifs is 1. The first-order chi connectivity index (χ1) is 12.3. The zero-order valence-electron chi connectivity index (χ0n) is 14.8. The van der Waals surface area contributed by atoms with Crippen LogP contribution in [0, 0.1) is 6.92 Å². The molecule has 0 radical (unpaired) electrons. The van der Waals surface area contributed by atoms with Gasteiger partial charge in [0, 0.05) is 44.5 Å². The summed E-state index contributed by atoms with van der Waals surface area (Å²) in [5, 5.41) is 3.42. The number of aryl methyl sites for hydroxylation is 1. The molecule has 1 aromatic carbocycles. The number of methoxy groups -OCH3 is 1. The second kappa shape index (κ2) is 6.86. The van der Waals surface area contributed by atoms with Gasteiger partial charge in [0.25, 0.3) is 0 Å². The van der Waals surface area contributed by atoms with Crippen molar-refractivity contribution in [2.45, 2.75) is 13.5 Å². The van der Waals surface area contributed by atoms with Crippen LogP contribution in [0.3, 0.4) is 0 Å². The highest BCUT2D eigenvalue weighted by Crippen LogP contribution is 2.28. The maximum atomic E-state index is 5.29. The Kier molecular flexibility index (Phi) is 4.42. The molecule has 0 unspecified atom stereocenters. The summed E-state index contributed by atoms with van der Waals surface area (Å²) in [6.07, 6.45) is 2.12. The van der Waals surface area contributed by atoms with Crippen LogP contribution in [0.2, 0.25) is 0 Å². The first-order valence-electron chi connectivity index (χ1n) is 8.80. The number of ether oxygens (including phenoxy) is 1. The largest absolute Gasteiger partial charge is 0.497 e. The van der Waals surface area contributed by atoms with Crippen molar-refractivity contribution in [3.8, 4) is 17.0 Å². The van der Waals surface area contributed by atoms with Crippen molar-refractivity contribution in [2.75, 3.05) is 33.3 Å². The average molecular weight is 336 g/mol. The highest BCUT2D eigenvalue weighted by Gasteiger charge is 2.19. The number of nitrogens with one attached hydrogen (secondary N) is 1. The molecule has 1 aliphatic rings. The van der Waals surface area contributed by atoms with Gasteiger partial charge >= 0.3 is 0 Å². The quantitative estimate of drug-likeness (QED) is 0.795. The molecular weight excluding hydrogens is 312 g/mol. The lowest BCUT2D eigenvalue weighted by Gasteiger charge is -2.27.